The minimum Gasteiger partial charge on any atom is -0.493 e. The van der Waals surface area contributed by atoms with Crippen LogP contribution >= 0.6 is 0 Å². The Bertz CT molecular complexity index is 791. The van der Waals surface area contributed by atoms with Crippen molar-refractivity contribution in [3.8, 4) is 11.5 Å². The van der Waals surface area contributed by atoms with Gasteiger partial charge in [-0.05, 0) is 57.6 Å². The fourth-order valence-corrected chi connectivity index (χ4v) is 5.62. The number of carbonyl (C=O) groups is 1. The zero-order chi connectivity index (χ0) is 21.0. The molecule has 0 N–H and O–H groups in total. The molecule has 4 rings (SSSR count). The zero-order valence-electron chi connectivity index (χ0n) is 18.6. The normalized spacial score (nSPS) is 24.7. The van der Waals surface area contributed by atoms with Gasteiger partial charge in [0.2, 0.25) is 5.91 Å². The Morgan fingerprint density at radius 1 is 1.07 bits per heavy atom. The second-order valence-electron chi connectivity index (χ2n) is 9.32. The van der Waals surface area contributed by atoms with Crippen LogP contribution in [0.4, 0.5) is 0 Å². The van der Waals surface area contributed by atoms with E-state index in [1.807, 2.05) is 12.1 Å². The molecule has 2 heterocycles. The predicted molar refractivity (Wildman–Crippen MR) is 119 cm³/mol. The summed E-state index contributed by atoms with van der Waals surface area (Å²) in [5.41, 5.74) is 2.78. The van der Waals surface area contributed by atoms with E-state index in [0.29, 0.717) is 12.3 Å². The van der Waals surface area contributed by atoms with Gasteiger partial charge in [0.05, 0.1) is 14.2 Å². The van der Waals surface area contributed by atoms with E-state index in [2.05, 4.69) is 21.9 Å². The number of benzene rings is 1. The third-order valence-corrected chi connectivity index (χ3v) is 7.17. The molecule has 0 aromatic heterocycles. The van der Waals surface area contributed by atoms with E-state index in [1.165, 1.54) is 36.8 Å². The highest BCUT2D eigenvalue weighted by molar-refractivity contribution is 5.79. The summed E-state index contributed by atoms with van der Waals surface area (Å²) >= 11 is 0. The van der Waals surface area contributed by atoms with Crippen molar-refractivity contribution in [3.05, 3.63) is 35.4 Å². The fraction of sp³-hybridized carbons (Fsp3) is 0.640. The van der Waals surface area contributed by atoms with Crippen LogP contribution in [0.25, 0.3) is 0 Å². The number of rotatable bonds is 6. The standard InChI is InChI=1S/C25H36N2O3/c1-29-22-11-6-10-21(24(22)30-2)17-26-14-7-12-25(18-26)13-15-27(19-25)23(28)16-20-8-4-3-5-9-20/h6,8,10-11H,3-5,7,9,12-19H2,1-2H3/t25-/m0/s1. The largest absolute Gasteiger partial charge is 0.493 e. The number of likely N-dealkylation sites (tertiary alicyclic amines) is 2. The number of allylic oxidation sites excluding steroid dienone is 1. The molecule has 0 radical (unpaired) electrons. The van der Waals surface area contributed by atoms with Crippen LogP contribution in [0, 0.1) is 5.41 Å². The van der Waals surface area contributed by atoms with Crippen molar-refractivity contribution in [3.63, 3.8) is 0 Å². The van der Waals surface area contributed by atoms with Crippen LogP contribution < -0.4 is 9.47 Å². The van der Waals surface area contributed by atoms with Gasteiger partial charge < -0.3 is 14.4 Å². The Kier molecular flexibility index (Phi) is 6.67. The SMILES string of the molecule is COc1cccc(CN2CCC[C@]3(CCN(C(=O)CC4=CCCCC4)C3)C2)c1OC. The van der Waals surface area contributed by atoms with Crippen molar-refractivity contribution in [2.45, 2.75) is 57.9 Å². The van der Waals surface area contributed by atoms with E-state index in [4.69, 9.17) is 9.47 Å². The minimum atomic E-state index is 0.251. The lowest BCUT2D eigenvalue weighted by atomic mass is 9.79. The monoisotopic (exact) mass is 412 g/mol. The highest BCUT2D eigenvalue weighted by Crippen LogP contribution is 2.41. The molecule has 2 aliphatic heterocycles. The van der Waals surface area contributed by atoms with Gasteiger partial charge in [-0.15, -0.1) is 0 Å². The van der Waals surface area contributed by atoms with Crippen LogP contribution in [-0.4, -0.2) is 56.1 Å². The smallest absolute Gasteiger partial charge is 0.226 e. The molecular weight excluding hydrogens is 376 g/mol. The molecule has 30 heavy (non-hydrogen) atoms. The van der Waals surface area contributed by atoms with E-state index in [9.17, 15) is 4.79 Å². The van der Waals surface area contributed by atoms with E-state index in [0.717, 1.165) is 63.5 Å². The maximum Gasteiger partial charge on any atom is 0.226 e. The number of carbonyl (C=O) groups excluding carboxylic acids is 1. The molecule has 1 spiro atoms. The number of nitrogens with zero attached hydrogens (tertiary/aromatic N) is 2. The van der Waals surface area contributed by atoms with E-state index in [1.54, 1.807) is 14.2 Å². The van der Waals surface area contributed by atoms with E-state index in [-0.39, 0.29) is 5.41 Å². The first-order chi connectivity index (χ1) is 14.6. The Hall–Kier alpha value is -2.01. The van der Waals surface area contributed by atoms with Crippen molar-refractivity contribution in [1.29, 1.82) is 0 Å². The number of methoxy groups -OCH3 is 2. The summed E-state index contributed by atoms with van der Waals surface area (Å²) in [5.74, 6) is 1.96. The summed E-state index contributed by atoms with van der Waals surface area (Å²) in [4.78, 5) is 17.6. The van der Waals surface area contributed by atoms with Crippen molar-refractivity contribution < 1.29 is 14.3 Å². The molecule has 2 fully saturated rings. The molecule has 5 heteroatoms. The molecule has 1 aromatic carbocycles. The van der Waals surface area contributed by atoms with E-state index < -0.39 is 0 Å². The predicted octanol–water partition coefficient (Wildman–Crippen LogP) is 4.41. The average molecular weight is 413 g/mol. The molecule has 5 nitrogen and oxygen atoms in total. The van der Waals surface area contributed by atoms with Gasteiger partial charge in [0, 0.05) is 43.6 Å². The topological polar surface area (TPSA) is 42.0 Å². The number of para-hydroxylation sites is 1. The Labute approximate surface area is 181 Å². The molecule has 3 aliphatic rings. The maximum absolute atomic E-state index is 12.9. The number of hydrogen-bond acceptors (Lipinski definition) is 4. The van der Waals surface area contributed by atoms with Gasteiger partial charge in [-0.3, -0.25) is 9.69 Å². The van der Waals surface area contributed by atoms with Crippen molar-refractivity contribution in [2.24, 2.45) is 5.41 Å². The van der Waals surface area contributed by atoms with Gasteiger partial charge in [0.1, 0.15) is 0 Å². The van der Waals surface area contributed by atoms with Gasteiger partial charge in [0.25, 0.3) is 0 Å². The van der Waals surface area contributed by atoms with Gasteiger partial charge >= 0.3 is 0 Å². The first kappa shape index (κ1) is 21.2. The quantitative estimate of drug-likeness (QED) is 0.649. The summed E-state index contributed by atoms with van der Waals surface area (Å²) in [5, 5.41) is 0. The first-order valence-electron chi connectivity index (χ1n) is 11.5. The summed E-state index contributed by atoms with van der Waals surface area (Å²) in [6, 6.07) is 6.11. The first-order valence-corrected chi connectivity index (χ1v) is 11.5. The molecule has 1 atom stereocenters. The van der Waals surface area contributed by atoms with Crippen LogP contribution in [0.3, 0.4) is 0 Å². The van der Waals surface area contributed by atoms with Crippen LogP contribution in [0.1, 0.15) is 56.9 Å². The molecule has 0 saturated carbocycles. The van der Waals surface area contributed by atoms with Crippen LogP contribution in [0.2, 0.25) is 0 Å². The second-order valence-corrected chi connectivity index (χ2v) is 9.32. The summed E-state index contributed by atoms with van der Waals surface area (Å²) in [7, 11) is 3.40. The third-order valence-electron chi connectivity index (χ3n) is 7.17. The third kappa shape index (κ3) is 4.66. The zero-order valence-corrected chi connectivity index (χ0v) is 18.6. The molecule has 0 unspecified atom stereocenters. The van der Waals surface area contributed by atoms with Crippen LogP contribution in [0.5, 0.6) is 11.5 Å². The highest BCUT2D eigenvalue weighted by atomic mass is 16.5. The number of hydrogen-bond donors (Lipinski definition) is 0. The number of ether oxygens (including phenoxy) is 2. The van der Waals surface area contributed by atoms with Gasteiger partial charge in [-0.2, -0.15) is 0 Å². The lowest BCUT2D eigenvalue weighted by Crippen LogP contribution is -2.45. The molecule has 164 valence electrons. The van der Waals surface area contributed by atoms with E-state index >= 15 is 0 Å². The Morgan fingerprint density at radius 2 is 1.97 bits per heavy atom. The van der Waals surface area contributed by atoms with Crippen molar-refractivity contribution in [1.82, 2.24) is 9.80 Å². The number of piperidine rings is 1. The summed E-state index contributed by atoms with van der Waals surface area (Å²) < 4.78 is 11.1. The molecule has 1 aromatic rings. The summed E-state index contributed by atoms with van der Waals surface area (Å²) in [6.07, 6.45) is 11.3. The van der Waals surface area contributed by atoms with Crippen LogP contribution in [-0.2, 0) is 11.3 Å². The second kappa shape index (κ2) is 9.42. The fourth-order valence-electron chi connectivity index (χ4n) is 5.62. The molecular formula is C25H36N2O3. The lowest BCUT2D eigenvalue weighted by Gasteiger charge is -2.40. The van der Waals surface area contributed by atoms with Gasteiger partial charge in [-0.25, -0.2) is 0 Å². The minimum absolute atomic E-state index is 0.251. The van der Waals surface area contributed by atoms with Crippen molar-refractivity contribution in [2.75, 3.05) is 40.4 Å². The molecule has 1 aliphatic carbocycles. The summed E-state index contributed by atoms with van der Waals surface area (Å²) in [6.45, 7) is 4.86. The Balaban J connectivity index is 1.38. The lowest BCUT2D eigenvalue weighted by molar-refractivity contribution is -0.130. The average Bonchev–Trinajstić information content (AvgIpc) is 3.17. The molecule has 0 bridgehead atoms. The molecule has 2 saturated heterocycles. The van der Waals surface area contributed by atoms with Crippen molar-refractivity contribution >= 4 is 5.91 Å². The Morgan fingerprint density at radius 3 is 2.73 bits per heavy atom. The van der Waals surface area contributed by atoms with Gasteiger partial charge in [0.15, 0.2) is 11.5 Å². The van der Waals surface area contributed by atoms with Crippen LogP contribution in [0.15, 0.2) is 29.8 Å². The highest BCUT2D eigenvalue weighted by Gasteiger charge is 2.42. The molecule has 1 amide bonds. The maximum atomic E-state index is 12.9. The van der Waals surface area contributed by atoms with Gasteiger partial charge in [-0.1, -0.05) is 23.8 Å². The number of amides is 1.